The van der Waals surface area contributed by atoms with Gasteiger partial charge in [-0.3, -0.25) is 0 Å². The second kappa shape index (κ2) is 2.19. The first-order valence-electron chi connectivity index (χ1n) is 2.86. The van der Waals surface area contributed by atoms with E-state index in [2.05, 4.69) is 4.74 Å². The van der Waals surface area contributed by atoms with Crippen LogP contribution in [0.5, 0.6) is 0 Å². The summed E-state index contributed by atoms with van der Waals surface area (Å²) in [7, 11) is 0. The molecule has 1 aliphatic carbocycles. The molecule has 1 atom stereocenters. The van der Waals surface area contributed by atoms with E-state index in [1.54, 1.807) is 0 Å². The Morgan fingerprint density at radius 2 is 2.22 bits per heavy atom. The van der Waals surface area contributed by atoms with Gasteiger partial charge in [0.15, 0.2) is 0 Å². The molecule has 0 spiro atoms. The van der Waals surface area contributed by atoms with Crippen LogP contribution < -0.4 is 5.73 Å². The first-order valence-corrected chi connectivity index (χ1v) is 2.86. The molecule has 9 heavy (non-hydrogen) atoms. The van der Waals surface area contributed by atoms with Gasteiger partial charge in [0, 0.05) is 13.0 Å². The number of rotatable bonds is 3. The van der Waals surface area contributed by atoms with Crippen LogP contribution in [0.4, 0.5) is 8.78 Å². The van der Waals surface area contributed by atoms with Crippen LogP contribution in [0.15, 0.2) is 0 Å². The van der Waals surface area contributed by atoms with Crippen molar-refractivity contribution in [2.75, 3.05) is 13.2 Å². The predicted molar refractivity (Wildman–Crippen MR) is 28.4 cm³/mol. The maximum Gasteiger partial charge on any atom is 0.276 e. The van der Waals surface area contributed by atoms with Crippen LogP contribution >= 0.6 is 0 Å². The molecular formula is C5H9F2NO. The van der Waals surface area contributed by atoms with E-state index < -0.39 is 12.0 Å². The van der Waals surface area contributed by atoms with Crippen molar-refractivity contribution in [2.45, 2.75) is 18.4 Å². The largest absolute Gasteiger partial charge is 0.370 e. The lowest BCUT2D eigenvalue weighted by Crippen LogP contribution is -2.12. The zero-order chi connectivity index (χ0) is 6.91. The van der Waals surface area contributed by atoms with Crippen LogP contribution in [0, 0.1) is 0 Å². The molecule has 0 aromatic heterocycles. The van der Waals surface area contributed by atoms with Crippen molar-refractivity contribution in [3.8, 4) is 0 Å². The maximum atomic E-state index is 12.0. The standard InChI is InChI=1S/C5H9F2NO/c6-5(7)3-4(5)9-2-1-8/h4H,1-3,8H2. The second-order valence-corrected chi connectivity index (χ2v) is 2.11. The zero-order valence-electron chi connectivity index (χ0n) is 4.94. The third-order valence-corrected chi connectivity index (χ3v) is 1.21. The van der Waals surface area contributed by atoms with Gasteiger partial charge in [0.25, 0.3) is 5.92 Å². The summed E-state index contributed by atoms with van der Waals surface area (Å²) in [5, 5.41) is 0. The number of hydrogen-bond acceptors (Lipinski definition) is 2. The summed E-state index contributed by atoms with van der Waals surface area (Å²) in [5.41, 5.74) is 5.02. The van der Waals surface area contributed by atoms with Gasteiger partial charge in [-0.25, -0.2) is 8.78 Å². The molecule has 1 fully saturated rings. The maximum absolute atomic E-state index is 12.0. The molecular weight excluding hydrogens is 128 g/mol. The van der Waals surface area contributed by atoms with Crippen molar-refractivity contribution >= 4 is 0 Å². The average molecular weight is 137 g/mol. The average Bonchev–Trinajstić information content (AvgIpc) is 2.35. The molecule has 2 N–H and O–H groups in total. The van der Waals surface area contributed by atoms with Crippen LogP contribution in [0.1, 0.15) is 6.42 Å². The summed E-state index contributed by atoms with van der Waals surface area (Å²) in [6, 6.07) is 0. The minimum Gasteiger partial charge on any atom is -0.370 e. The highest BCUT2D eigenvalue weighted by atomic mass is 19.3. The summed E-state index contributed by atoms with van der Waals surface area (Å²) in [4.78, 5) is 0. The number of hydrogen-bond donors (Lipinski definition) is 1. The van der Waals surface area contributed by atoms with Gasteiger partial charge in [-0.1, -0.05) is 0 Å². The number of ether oxygens (including phenoxy) is 1. The van der Waals surface area contributed by atoms with Crippen molar-refractivity contribution in [1.82, 2.24) is 0 Å². The lowest BCUT2D eigenvalue weighted by atomic mass is 10.7. The van der Waals surface area contributed by atoms with Gasteiger partial charge < -0.3 is 10.5 Å². The van der Waals surface area contributed by atoms with Crippen molar-refractivity contribution in [2.24, 2.45) is 5.73 Å². The summed E-state index contributed by atoms with van der Waals surface area (Å²) >= 11 is 0. The SMILES string of the molecule is NCCOC1CC1(F)F. The van der Waals surface area contributed by atoms with Crippen LogP contribution in [0.25, 0.3) is 0 Å². The molecule has 0 radical (unpaired) electrons. The normalized spacial score (nSPS) is 30.3. The smallest absolute Gasteiger partial charge is 0.276 e. The topological polar surface area (TPSA) is 35.2 Å². The molecule has 0 heterocycles. The van der Waals surface area contributed by atoms with Crippen LogP contribution in [-0.4, -0.2) is 25.2 Å². The molecule has 1 unspecified atom stereocenters. The zero-order valence-corrected chi connectivity index (χ0v) is 4.94. The Bertz CT molecular complexity index is 107. The first-order chi connectivity index (χ1) is 4.17. The molecule has 1 rings (SSSR count). The number of nitrogens with two attached hydrogens (primary N) is 1. The van der Waals surface area contributed by atoms with E-state index >= 15 is 0 Å². The summed E-state index contributed by atoms with van der Waals surface area (Å²) < 4.78 is 28.6. The fraction of sp³-hybridized carbons (Fsp3) is 1.00. The molecule has 0 saturated heterocycles. The Balaban J connectivity index is 2.06. The Labute approximate surface area is 52.0 Å². The van der Waals surface area contributed by atoms with Crippen LogP contribution in [-0.2, 0) is 4.74 Å². The Morgan fingerprint density at radius 1 is 1.67 bits per heavy atom. The molecule has 0 aliphatic heterocycles. The second-order valence-electron chi connectivity index (χ2n) is 2.11. The lowest BCUT2D eigenvalue weighted by molar-refractivity contribution is 0.0161. The van der Waals surface area contributed by atoms with Crippen LogP contribution in [0.3, 0.4) is 0 Å². The van der Waals surface area contributed by atoms with E-state index in [9.17, 15) is 8.78 Å². The van der Waals surface area contributed by atoms with Crippen LogP contribution in [0.2, 0.25) is 0 Å². The highest BCUT2D eigenvalue weighted by Crippen LogP contribution is 2.43. The fourth-order valence-electron chi connectivity index (χ4n) is 0.579. The summed E-state index contributed by atoms with van der Waals surface area (Å²) in [6.07, 6.45) is -0.978. The van der Waals surface area contributed by atoms with Crippen molar-refractivity contribution in [3.05, 3.63) is 0 Å². The van der Waals surface area contributed by atoms with Gasteiger partial charge in [-0.2, -0.15) is 0 Å². The Hall–Kier alpha value is -0.220. The molecule has 0 aromatic carbocycles. The van der Waals surface area contributed by atoms with E-state index in [4.69, 9.17) is 5.73 Å². The molecule has 4 heteroatoms. The van der Waals surface area contributed by atoms with E-state index in [0.717, 1.165) is 0 Å². The van der Waals surface area contributed by atoms with E-state index in [1.807, 2.05) is 0 Å². The van der Waals surface area contributed by atoms with E-state index in [0.29, 0.717) is 6.54 Å². The minimum absolute atomic E-state index is 0.132. The monoisotopic (exact) mass is 137 g/mol. The summed E-state index contributed by atoms with van der Waals surface area (Å²) in [6.45, 7) is 0.548. The van der Waals surface area contributed by atoms with E-state index in [-0.39, 0.29) is 13.0 Å². The number of halogens is 2. The Morgan fingerprint density at radius 3 is 2.56 bits per heavy atom. The van der Waals surface area contributed by atoms with Gasteiger partial charge >= 0.3 is 0 Å². The molecule has 0 bridgehead atoms. The summed E-state index contributed by atoms with van der Waals surface area (Å²) in [5.74, 6) is -2.56. The van der Waals surface area contributed by atoms with Gasteiger partial charge in [0.05, 0.1) is 6.61 Å². The van der Waals surface area contributed by atoms with Crippen molar-refractivity contribution in [1.29, 1.82) is 0 Å². The third-order valence-electron chi connectivity index (χ3n) is 1.21. The predicted octanol–water partition coefficient (Wildman–Crippen LogP) is 0.369. The van der Waals surface area contributed by atoms with Gasteiger partial charge in [-0.15, -0.1) is 0 Å². The van der Waals surface area contributed by atoms with Gasteiger partial charge in [0.2, 0.25) is 0 Å². The third kappa shape index (κ3) is 1.59. The highest BCUT2D eigenvalue weighted by molar-refractivity contribution is 4.96. The number of alkyl halides is 2. The molecule has 54 valence electrons. The van der Waals surface area contributed by atoms with Crippen molar-refractivity contribution < 1.29 is 13.5 Å². The first kappa shape index (κ1) is 6.89. The molecule has 2 nitrogen and oxygen atoms in total. The fourth-order valence-corrected chi connectivity index (χ4v) is 0.579. The molecule has 0 amide bonds. The lowest BCUT2D eigenvalue weighted by Gasteiger charge is -1.97. The molecule has 0 aromatic rings. The minimum atomic E-state index is -2.56. The quantitative estimate of drug-likeness (QED) is 0.610. The highest BCUT2D eigenvalue weighted by Gasteiger charge is 2.58. The van der Waals surface area contributed by atoms with Gasteiger partial charge in [0.1, 0.15) is 6.10 Å². The molecule has 1 saturated carbocycles. The van der Waals surface area contributed by atoms with Gasteiger partial charge in [-0.05, 0) is 0 Å². The Kier molecular flexibility index (Phi) is 1.68. The van der Waals surface area contributed by atoms with E-state index in [1.165, 1.54) is 0 Å². The van der Waals surface area contributed by atoms with Crippen molar-refractivity contribution in [3.63, 3.8) is 0 Å². The molecule has 1 aliphatic rings.